The molecule has 4 rings (SSSR count). The average Bonchev–Trinajstić information content (AvgIpc) is 2.74. The van der Waals surface area contributed by atoms with Gasteiger partial charge in [-0.05, 0) is 36.7 Å². The second-order valence-electron chi connectivity index (χ2n) is 7.34. The Balaban J connectivity index is 1.70. The molecule has 0 amide bonds. The van der Waals surface area contributed by atoms with Crippen LogP contribution in [-0.4, -0.2) is 48.0 Å². The quantitative estimate of drug-likeness (QED) is 0.500. The zero-order valence-corrected chi connectivity index (χ0v) is 16.4. The van der Waals surface area contributed by atoms with E-state index in [4.69, 9.17) is 0 Å². The van der Waals surface area contributed by atoms with Crippen LogP contribution in [-0.2, 0) is 0 Å². The van der Waals surface area contributed by atoms with Crippen LogP contribution in [0.5, 0.6) is 0 Å². The molecule has 1 heterocycles. The van der Waals surface area contributed by atoms with Gasteiger partial charge in [0.2, 0.25) is 0 Å². The lowest BCUT2D eigenvalue weighted by Crippen LogP contribution is -2.44. The van der Waals surface area contributed by atoms with Crippen molar-refractivity contribution in [1.82, 2.24) is 4.90 Å². The summed E-state index contributed by atoms with van der Waals surface area (Å²) in [4.78, 5) is 25.8. The lowest BCUT2D eigenvalue weighted by atomic mass is 10.1. The van der Waals surface area contributed by atoms with Gasteiger partial charge in [-0.25, -0.2) is 0 Å². The van der Waals surface area contributed by atoms with Gasteiger partial charge in [0.25, 0.3) is 11.4 Å². The zero-order chi connectivity index (χ0) is 21.3. The maximum absolute atomic E-state index is 11.4. The Morgan fingerprint density at radius 3 is 2.37 bits per heavy atom. The van der Waals surface area contributed by atoms with Crippen LogP contribution >= 0.6 is 0 Å². The molecule has 0 radical (unpaired) electrons. The van der Waals surface area contributed by atoms with E-state index in [0.717, 1.165) is 48.7 Å². The summed E-state index contributed by atoms with van der Waals surface area (Å²) in [5.74, 6) is 0. The van der Waals surface area contributed by atoms with Crippen LogP contribution in [0.15, 0.2) is 54.6 Å². The molecular formula is C21H21N5O4. The van der Waals surface area contributed by atoms with Crippen molar-refractivity contribution >= 4 is 39.2 Å². The minimum Gasteiger partial charge on any atom is -0.368 e. The van der Waals surface area contributed by atoms with Gasteiger partial charge >= 0.3 is 0 Å². The van der Waals surface area contributed by atoms with Gasteiger partial charge in [0, 0.05) is 49.0 Å². The maximum Gasteiger partial charge on any atom is 0.299 e. The number of rotatable bonds is 5. The molecule has 0 bridgehead atoms. The first-order chi connectivity index (χ1) is 14.4. The van der Waals surface area contributed by atoms with E-state index < -0.39 is 9.85 Å². The maximum atomic E-state index is 11.4. The highest BCUT2D eigenvalue weighted by molar-refractivity contribution is 5.97. The molecule has 30 heavy (non-hydrogen) atoms. The molecule has 9 heteroatoms. The molecule has 0 atom stereocenters. The molecule has 1 aliphatic rings. The molecule has 154 valence electrons. The van der Waals surface area contributed by atoms with Gasteiger partial charge in [-0.1, -0.05) is 18.2 Å². The molecule has 0 aliphatic carbocycles. The number of nitrogens with one attached hydrogen (secondary N) is 1. The Hall–Kier alpha value is -3.72. The van der Waals surface area contributed by atoms with E-state index in [0.29, 0.717) is 5.69 Å². The van der Waals surface area contributed by atoms with E-state index in [1.54, 1.807) is 0 Å². The second-order valence-corrected chi connectivity index (χ2v) is 7.34. The first-order valence-electron chi connectivity index (χ1n) is 9.58. The summed E-state index contributed by atoms with van der Waals surface area (Å²) in [5, 5.41) is 27.6. The number of nitrogens with zero attached hydrogens (tertiary/aromatic N) is 4. The van der Waals surface area contributed by atoms with Gasteiger partial charge in [-0.3, -0.25) is 20.2 Å². The summed E-state index contributed by atoms with van der Waals surface area (Å²) in [7, 11) is 2.11. The topological polar surface area (TPSA) is 105 Å². The molecule has 1 aliphatic heterocycles. The third-order valence-electron chi connectivity index (χ3n) is 5.37. The Labute approximate surface area is 172 Å². The van der Waals surface area contributed by atoms with E-state index in [9.17, 15) is 20.2 Å². The van der Waals surface area contributed by atoms with Crippen molar-refractivity contribution in [1.29, 1.82) is 0 Å². The van der Waals surface area contributed by atoms with Gasteiger partial charge in [-0.2, -0.15) is 0 Å². The first kappa shape index (κ1) is 19.6. The molecule has 9 nitrogen and oxygen atoms in total. The number of non-ortho nitro benzene ring substituents is 1. The smallest absolute Gasteiger partial charge is 0.299 e. The minimum absolute atomic E-state index is 0.210. The number of piperazine rings is 1. The molecule has 1 N–H and O–H groups in total. The highest BCUT2D eigenvalue weighted by Gasteiger charge is 2.20. The molecule has 3 aromatic rings. The van der Waals surface area contributed by atoms with Crippen molar-refractivity contribution in [2.24, 2.45) is 0 Å². The van der Waals surface area contributed by atoms with Crippen molar-refractivity contribution in [2.45, 2.75) is 0 Å². The number of likely N-dealkylation sites (N-methyl/N-ethyl adjacent to an activating group) is 1. The summed E-state index contributed by atoms with van der Waals surface area (Å²) in [6, 6.07) is 15.5. The molecule has 0 spiro atoms. The minimum atomic E-state index is -0.644. The largest absolute Gasteiger partial charge is 0.368 e. The summed E-state index contributed by atoms with van der Waals surface area (Å²) < 4.78 is 0. The Bertz CT molecular complexity index is 1130. The Morgan fingerprint density at radius 1 is 0.900 bits per heavy atom. The van der Waals surface area contributed by atoms with Gasteiger partial charge in [0.1, 0.15) is 5.69 Å². The van der Waals surface area contributed by atoms with Gasteiger partial charge in [-0.15, -0.1) is 0 Å². The van der Waals surface area contributed by atoms with Crippen LogP contribution in [0.2, 0.25) is 0 Å². The van der Waals surface area contributed by atoms with Crippen LogP contribution in [0.3, 0.4) is 0 Å². The number of benzene rings is 3. The van der Waals surface area contributed by atoms with Crippen molar-refractivity contribution in [2.75, 3.05) is 43.4 Å². The molecule has 0 saturated carbocycles. The van der Waals surface area contributed by atoms with E-state index in [-0.39, 0.29) is 17.1 Å². The Kier molecular flexibility index (Phi) is 5.20. The van der Waals surface area contributed by atoms with E-state index >= 15 is 0 Å². The predicted molar refractivity (Wildman–Crippen MR) is 117 cm³/mol. The van der Waals surface area contributed by atoms with E-state index in [1.807, 2.05) is 30.3 Å². The second kappa shape index (κ2) is 7.96. The van der Waals surface area contributed by atoms with E-state index in [2.05, 4.69) is 28.2 Å². The SMILES string of the molecule is CN1CCN(c2cccc3ccc(Nc4ccc([N+](=O)[O-])cc4[N+](=O)[O-])cc23)CC1. The summed E-state index contributed by atoms with van der Waals surface area (Å²) in [6.07, 6.45) is 0. The lowest BCUT2D eigenvalue weighted by Gasteiger charge is -2.34. The van der Waals surface area contributed by atoms with Crippen LogP contribution in [0.4, 0.5) is 28.4 Å². The number of nitro groups is 2. The normalized spacial score (nSPS) is 14.6. The molecule has 0 unspecified atom stereocenters. The predicted octanol–water partition coefficient (Wildman–Crippen LogP) is 4.15. The number of nitro benzene ring substituents is 2. The summed E-state index contributed by atoms with van der Waals surface area (Å²) in [5.41, 5.74) is 1.37. The van der Waals surface area contributed by atoms with Crippen molar-refractivity contribution < 1.29 is 9.85 Å². The average molecular weight is 407 g/mol. The van der Waals surface area contributed by atoms with Crippen LogP contribution in [0, 0.1) is 20.2 Å². The van der Waals surface area contributed by atoms with Crippen LogP contribution < -0.4 is 10.2 Å². The van der Waals surface area contributed by atoms with Crippen molar-refractivity contribution in [3.05, 3.63) is 74.8 Å². The van der Waals surface area contributed by atoms with Gasteiger partial charge in [0.15, 0.2) is 0 Å². The lowest BCUT2D eigenvalue weighted by molar-refractivity contribution is -0.393. The van der Waals surface area contributed by atoms with Gasteiger partial charge < -0.3 is 15.1 Å². The van der Waals surface area contributed by atoms with Crippen molar-refractivity contribution in [3.8, 4) is 0 Å². The zero-order valence-electron chi connectivity index (χ0n) is 16.4. The molecule has 0 aromatic heterocycles. The standard InChI is InChI=1S/C21H21N5O4/c1-23-9-11-24(12-10-23)20-4-2-3-15-5-6-16(13-18(15)20)22-19-8-7-17(25(27)28)14-21(19)26(29)30/h2-8,13-14,22H,9-12H2,1H3. The first-order valence-corrected chi connectivity index (χ1v) is 9.58. The van der Waals surface area contributed by atoms with Gasteiger partial charge in [0.05, 0.1) is 15.9 Å². The Morgan fingerprint density at radius 2 is 1.67 bits per heavy atom. The number of fused-ring (bicyclic) bond motifs is 1. The number of hydrogen-bond donors (Lipinski definition) is 1. The third kappa shape index (κ3) is 3.87. The number of anilines is 3. The molecule has 3 aromatic carbocycles. The third-order valence-corrected chi connectivity index (χ3v) is 5.37. The van der Waals surface area contributed by atoms with E-state index in [1.165, 1.54) is 12.1 Å². The summed E-state index contributed by atoms with van der Waals surface area (Å²) in [6.45, 7) is 3.84. The fraction of sp³-hybridized carbons (Fsp3) is 0.238. The van der Waals surface area contributed by atoms with Crippen LogP contribution in [0.25, 0.3) is 10.8 Å². The molecule has 1 saturated heterocycles. The van der Waals surface area contributed by atoms with Crippen molar-refractivity contribution in [3.63, 3.8) is 0 Å². The highest BCUT2D eigenvalue weighted by Crippen LogP contribution is 2.34. The van der Waals surface area contributed by atoms with Crippen LogP contribution in [0.1, 0.15) is 0 Å². The fourth-order valence-electron chi connectivity index (χ4n) is 3.70. The molecule has 1 fully saturated rings. The summed E-state index contributed by atoms with van der Waals surface area (Å²) >= 11 is 0. The highest BCUT2D eigenvalue weighted by atomic mass is 16.6. The monoisotopic (exact) mass is 407 g/mol. The number of hydrogen-bond acceptors (Lipinski definition) is 7. The fourth-order valence-corrected chi connectivity index (χ4v) is 3.70. The molecular weight excluding hydrogens is 386 g/mol.